The number of benzene rings is 2. The number of nitrogens with one attached hydrogen (secondary N) is 1. The molecule has 1 aliphatic rings. The standard InChI is InChI=1S/C25H26FN3O6S/c1-16(27-23(30)22-15-21(28-29(22)2)18-3-7-19(26)8-4-18)17-5-9-20(10-6-17)36(33,34)25(24(31)32)11-13-35-14-12-25/h3-10,15-16H,11-14H2,1-2H3,(H,27,30)(H,31,32)/t16-/m1/s1. The molecule has 1 aliphatic heterocycles. The van der Waals surface area contributed by atoms with Gasteiger partial charge in [-0.05, 0) is 55.0 Å². The predicted molar refractivity (Wildman–Crippen MR) is 129 cm³/mol. The quantitative estimate of drug-likeness (QED) is 0.495. The molecule has 3 aromatic rings. The van der Waals surface area contributed by atoms with E-state index in [9.17, 15) is 27.5 Å². The maximum absolute atomic E-state index is 13.2. The van der Waals surface area contributed by atoms with Crippen molar-refractivity contribution in [3.8, 4) is 11.3 Å². The van der Waals surface area contributed by atoms with Crippen molar-refractivity contribution in [2.24, 2.45) is 7.05 Å². The van der Waals surface area contributed by atoms with Crippen LogP contribution in [0.2, 0.25) is 0 Å². The lowest BCUT2D eigenvalue weighted by Crippen LogP contribution is -2.50. The first-order valence-electron chi connectivity index (χ1n) is 11.3. The van der Waals surface area contributed by atoms with Gasteiger partial charge in [-0.3, -0.25) is 14.3 Å². The Morgan fingerprint density at radius 3 is 2.31 bits per heavy atom. The minimum Gasteiger partial charge on any atom is -0.480 e. The van der Waals surface area contributed by atoms with Crippen LogP contribution in [0, 0.1) is 5.82 Å². The molecule has 36 heavy (non-hydrogen) atoms. The zero-order chi connectivity index (χ0) is 26.1. The molecule has 0 saturated carbocycles. The van der Waals surface area contributed by atoms with Gasteiger partial charge in [-0.25, -0.2) is 12.8 Å². The number of aliphatic carboxylic acids is 1. The van der Waals surface area contributed by atoms with Crippen LogP contribution in [0.3, 0.4) is 0 Å². The number of carboxylic acids is 1. The van der Waals surface area contributed by atoms with Crippen molar-refractivity contribution >= 4 is 21.7 Å². The molecule has 9 nitrogen and oxygen atoms in total. The second-order valence-electron chi connectivity index (χ2n) is 8.72. The number of carboxylic acid groups (broad SMARTS) is 1. The lowest BCUT2D eigenvalue weighted by atomic mass is 9.99. The number of aryl methyl sites for hydroxylation is 1. The highest BCUT2D eigenvalue weighted by Crippen LogP contribution is 2.35. The van der Waals surface area contributed by atoms with Gasteiger partial charge in [0.2, 0.25) is 0 Å². The molecule has 0 unspecified atom stereocenters. The molecule has 1 atom stereocenters. The van der Waals surface area contributed by atoms with Gasteiger partial charge in [-0.1, -0.05) is 12.1 Å². The number of ether oxygens (including phenoxy) is 1. The predicted octanol–water partition coefficient (Wildman–Crippen LogP) is 3.12. The number of hydrogen-bond donors (Lipinski definition) is 2. The fourth-order valence-corrected chi connectivity index (χ4v) is 6.13. The van der Waals surface area contributed by atoms with Crippen LogP contribution in [0.5, 0.6) is 0 Å². The van der Waals surface area contributed by atoms with Gasteiger partial charge in [-0.2, -0.15) is 5.10 Å². The van der Waals surface area contributed by atoms with E-state index in [1.165, 1.54) is 28.9 Å². The van der Waals surface area contributed by atoms with Crippen molar-refractivity contribution in [2.45, 2.75) is 35.4 Å². The van der Waals surface area contributed by atoms with E-state index in [2.05, 4.69) is 10.4 Å². The van der Waals surface area contributed by atoms with Gasteiger partial charge < -0.3 is 15.2 Å². The Labute approximate surface area is 207 Å². The van der Waals surface area contributed by atoms with Gasteiger partial charge in [0.15, 0.2) is 14.6 Å². The van der Waals surface area contributed by atoms with Crippen LogP contribution >= 0.6 is 0 Å². The van der Waals surface area contributed by atoms with Crippen LogP contribution in [-0.2, 0) is 26.4 Å². The first kappa shape index (κ1) is 25.5. The molecule has 2 heterocycles. The SMILES string of the molecule is C[C@@H](NC(=O)c1cc(-c2ccc(F)cc2)nn1C)c1ccc(S(=O)(=O)C2(C(=O)O)CCOCC2)cc1. The molecule has 2 aromatic carbocycles. The van der Waals surface area contributed by atoms with E-state index in [1.54, 1.807) is 44.3 Å². The summed E-state index contributed by atoms with van der Waals surface area (Å²) in [6, 6.07) is 12.7. The average molecular weight is 516 g/mol. The number of halogens is 1. The third-order valence-corrected chi connectivity index (χ3v) is 9.00. The Balaban J connectivity index is 1.50. The highest BCUT2D eigenvalue weighted by Gasteiger charge is 2.52. The third-order valence-electron chi connectivity index (χ3n) is 6.50. The molecule has 11 heteroatoms. The van der Waals surface area contributed by atoms with E-state index in [0.717, 1.165) is 0 Å². The molecule has 4 rings (SSSR count). The molecular formula is C25H26FN3O6S. The number of aromatic nitrogens is 2. The van der Waals surface area contributed by atoms with E-state index in [1.807, 2.05) is 0 Å². The summed E-state index contributed by atoms with van der Waals surface area (Å²) in [5.41, 5.74) is 2.12. The highest BCUT2D eigenvalue weighted by molar-refractivity contribution is 7.93. The maximum Gasteiger partial charge on any atom is 0.325 e. The number of hydrogen-bond acceptors (Lipinski definition) is 6. The van der Waals surface area contributed by atoms with Gasteiger partial charge in [0, 0.05) is 38.7 Å². The van der Waals surface area contributed by atoms with E-state index >= 15 is 0 Å². The topological polar surface area (TPSA) is 128 Å². The van der Waals surface area contributed by atoms with E-state index in [-0.39, 0.29) is 36.8 Å². The zero-order valence-corrected chi connectivity index (χ0v) is 20.6. The van der Waals surface area contributed by atoms with Crippen LogP contribution in [0.1, 0.15) is 41.9 Å². The zero-order valence-electron chi connectivity index (χ0n) is 19.8. The monoisotopic (exact) mass is 515 g/mol. The number of nitrogens with zero attached hydrogens (tertiary/aromatic N) is 2. The van der Waals surface area contributed by atoms with Gasteiger partial charge in [-0.15, -0.1) is 0 Å². The number of amides is 1. The van der Waals surface area contributed by atoms with Crippen LogP contribution in [-0.4, -0.2) is 53.1 Å². The van der Waals surface area contributed by atoms with E-state index in [4.69, 9.17) is 4.74 Å². The molecule has 0 spiro atoms. The van der Waals surface area contributed by atoms with Gasteiger partial charge in [0.1, 0.15) is 11.5 Å². The molecule has 1 amide bonds. The van der Waals surface area contributed by atoms with Gasteiger partial charge in [0.05, 0.1) is 16.6 Å². The minimum atomic E-state index is -4.17. The Kier molecular flexibility index (Phi) is 6.96. The average Bonchev–Trinajstić information content (AvgIpc) is 3.26. The second kappa shape index (κ2) is 9.82. The molecule has 1 fully saturated rings. The summed E-state index contributed by atoms with van der Waals surface area (Å²) in [4.78, 5) is 24.8. The summed E-state index contributed by atoms with van der Waals surface area (Å²) in [6.45, 7) is 1.86. The molecule has 0 radical (unpaired) electrons. The normalized spacial score (nSPS) is 16.3. The molecule has 2 N–H and O–H groups in total. The third kappa shape index (κ3) is 4.63. The first-order chi connectivity index (χ1) is 17.0. The van der Waals surface area contributed by atoms with E-state index in [0.29, 0.717) is 22.5 Å². The van der Waals surface area contributed by atoms with E-state index < -0.39 is 32.5 Å². The van der Waals surface area contributed by atoms with Crippen molar-refractivity contribution in [3.05, 3.63) is 71.7 Å². The lowest BCUT2D eigenvalue weighted by molar-refractivity contribution is -0.142. The summed E-state index contributed by atoms with van der Waals surface area (Å²) in [5.74, 6) is -2.15. The lowest BCUT2D eigenvalue weighted by Gasteiger charge is -2.32. The Bertz CT molecular complexity index is 1380. The number of sulfone groups is 1. The summed E-state index contributed by atoms with van der Waals surface area (Å²) >= 11 is 0. The fourth-order valence-electron chi connectivity index (χ4n) is 4.26. The van der Waals surface area contributed by atoms with Crippen LogP contribution < -0.4 is 5.32 Å². The van der Waals surface area contributed by atoms with Crippen molar-refractivity contribution in [3.63, 3.8) is 0 Å². The minimum absolute atomic E-state index is 0.0591. The van der Waals surface area contributed by atoms with Gasteiger partial charge in [0.25, 0.3) is 5.91 Å². The number of carbonyl (C=O) groups excluding carboxylic acids is 1. The first-order valence-corrected chi connectivity index (χ1v) is 12.8. The van der Waals surface area contributed by atoms with Crippen LogP contribution in [0.4, 0.5) is 4.39 Å². The molecule has 1 saturated heterocycles. The second-order valence-corrected chi connectivity index (χ2v) is 11.0. The van der Waals surface area contributed by atoms with Crippen molar-refractivity contribution in [1.29, 1.82) is 0 Å². The summed E-state index contributed by atoms with van der Waals surface area (Å²) < 4.78 is 44.4. The van der Waals surface area contributed by atoms with Crippen molar-refractivity contribution in [2.75, 3.05) is 13.2 Å². The smallest absolute Gasteiger partial charge is 0.325 e. The van der Waals surface area contributed by atoms with Crippen LogP contribution in [0.25, 0.3) is 11.3 Å². The molecule has 190 valence electrons. The molecule has 0 aliphatic carbocycles. The molecule has 0 bridgehead atoms. The Morgan fingerprint density at radius 1 is 1.11 bits per heavy atom. The van der Waals surface area contributed by atoms with Crippen molar-refractivity contribution in [1.82, 2.24) is 15.1 Å². The summed E-state index contributed by atoms with van der Waals surface area (Å²) in [6.07, 6.45) is -0.243. The summed E-state index contributed by atoms with van der Waals surface area (Å²) in [5, 5.41) is 16.9. The largest absolute Gasteiger partial charge is 0.480 e. The molecular weight excluding hydrogens is 489 g/mol. The number of rotatable bonds is 7. The Morgan fingerprint density at radius 2 is 1.72 bits per heavy atom. The maximum atomic E-state index is 13.2. The summed E-state index contributed by atoms with van der Waals surface area (Å²) in [7, 11) is -2.54. The fraction of sp³-hybridized carbons (Fsp3) is 0.320. The van der Waals surface area contributed by atoms with Crippen LogP contribution in [0.15, 0.2) is 59.5 Å². The Hall–Kier alpha value is -3.57. The van der Waals surface area contributed by atoms with Gasteiger partial charge >= 0.3 is 5.97 Å². The van der Waals surface area contributed by atoms with Crippen molar-refractivity contribution < 1.29 is 32.2 Å². The number of carbonyl (C=O) groups is 2. The molecule has 1 aromatic heterocycles. The highest BCUT2D eigenvalue weighted by atomic mass is 32.2.